The lowest BCUT2D eigenvalue weighted by Crippen LogP contribution is -2.35. The number of hydrogen-bond donors (Lipinski definition) is 1. The van der Waals surface area contributed by atoms with Crippen LogP contribution < -0.4 is 5.32 Å². The van der Waals surface area contributed by atoms with Crippen molar-refractivity contribution in [3.8, 4) is 0 Å². The van der Waals surface area contributed by atoms with Crippen LogP contribution in [-0.2, 0) is 11.3 Å². The maximum absolute atomic E-state index is 12.0. The molecule has 0 unspecified atom stereocenters. The van der Waals surface area contributed by atoms with Crippen LogP contribution in [-0.4, -0.2) is 23.2 Å². The molecule has 102 valence electrons. The van der Waals surface area contributed by atoms with Gasteiger partial charge in [-0.2, -0.15) is 13.2 Å². The third-order valence-electron chi connectivity index (χ3n) is 2.53. The van der Waals surface area contributed by atoms with Crippen molar-refractivity contribution in [2.24, 2.45) is 0 Å². The van der Waals surface area contributed by atoms with E-state index in [4.69, 9.17) is 0 Å². The van der Waals surface area contributed by atoms with Crippen LogP contribution in [0.15, 0.2) is 34.9 Å². The molecule has 1 aromatic carbocycles. The highest BCUT2D eigenvalue weighted by Gasteiger charge is 2.27. The number of nitrogens with one attached hydrogen (secondary N) is 1. The van der Waals surface area contributed by atoms with Crippen LogP contribution in [0.5, 0.6) is 0 Å². The zero-order valence-corrected chi connectivity index (χ0v) is 11.3. The Kier molecular flexibility index (Phi) is 3.84. The maximum Gasteiger partial charge on any atom is 0.405 e. The lowest BCUT2D eigenvalue weighted by atomic mass is 10.2. The average Bonchev–Trinajstić information content (AvgIpc) is 2.68. The monoisotopic (exact) mass is 334 g/mol. The highest BCUT2D eigenvalue weighted by Crippen LogP contribution is 2.20. The van der Waals surface area contributed by atoms with Gasteiger partial charge in [-0.3, -0.25) is 4.79 Å². The number of rotatable bonds is 3. The van der Waals surface area contributed by atoms with Crippen molar-refractivity contribution in [1.82, 2.24) is 9.88 Å². The van der Waals surface area contributed by atoms with Crippen molar-refractivity contribution in [1.29, 1.82) is 0 Å². The number of amides is 1. The van der Waals surface area contributed by atoms with E-state index >= 15 is 0 Å². The number of carbonyl (C=O) groups is 1. The van der Waals surface area contributed by atoms with Gasteiger partial charge in [0.2, 0.25) is 5.91 Å². The number of fused-ring (bicyclic) bond motifs is 1. The summed E-state index contributed by atoms with van der Waals surface area (Å²) < 4.78 is 38.4. The first kappa shape index (κ1) is 13.9. The van der Waals surface area contributed by atoms with Crippen LogP contribution in [0.1, 0.15) is 0 Å². The standard InChI is InChI=1S/C12H10BrF3N2O/c13-9-1-2-10-8(5-9)3-4-18(10)6-11(19)17-7-12(14,15)16/h1-5H,6-7H2,(H,17,19). The number of benzene rings is 1. The number of alkyl halides is 3. The van der Waals surface area contributed by atoms with Gasteiger partial charge in [0.15, 0.2) is 0 Å². The molecule has 3 nitrogen and oxygen atoms in total. The van der Waals surface area contributed by atoms with E-state index in [1.165, 1.54) is 0 Å². The Morgan fingerprint density at radius 3 is 2.74 bits per heavy atom. The van der Waals surface area contributed by atoms with Crippen molar-refractivity contribution in [2.75, 3.05) is 6.54 Å². The van der Waals surface area contributed by atoms with Gasteiger partial charge >= 0.3 is 6.18 Å². The quantitative estimate of drug-likeness (QED) is 0.919. The summed E-state index contributed by atoms with van der Waals surface area (Å²) in [7, 11) is 0. The minimum Gasteiger partial charge on any atom is -0.345 e. The molecule has 0 fully saturated rings. The highest BCUT2D eigenvalue weighted by atomic mass is 79.9. The summed E-state index contributed by atoms with van der Waals surface area (Å²) in [5.74, 6) is -0.669. The molecule has 1 N–H and O–H groups in total. The fourth-order valence-corrected chi connectivity index (χ4v) is 2.10. The van der Waals surface area contributed by atoms with Crippen LogP contribution >= 0.6 is 15.9 Å². The van der Waals surface area contributed by atoms with E-state index in [-0.39, 0.29) is 6.54 Å². The third kappa shape index (κ3) is 3.73. The van der Waals surface area contributed by atoms with Gasteiger partial charge in [0.25, 0.3) is 0 Å². The Morgan fingerprint density at radius 1 is 1.32 bits per heavy atom. The van der Waals surface area contributed by atoms with Crippen LogP contribution in [0.2, 0.25) is 0 Å². The van der Waals surface area contributed by atoms with E-state index in [2.05, 4.69) is 15.9 Å². The number of hydrogen-bond acceptors (Lipinski definition) is 1. The van der Waals surface area contributed by atoms with E-state index in [0.29, 0.717) is 0 Å². The molecule has 0 aliphatic heterocycles. The Balaban J connectivity index is 2.07. The van der Waals surface area contributed by atoms with Crippen LogP contribution in [0.4, 0.5) is 13.2 Å². The second kappa shape index (κ2) is 5.24. The molecule has 0 atom stereocenters. The summed E-state index contributed by atoms with van der Waals surface area (Å²) in [6.45, 7) is -1.45. The Morgan fingerprint density at radius 2 is 2.05 bits per heavy atom. The van der Waals surface area contributed by atoms with E-state index < -0.39 is 18.6 Å². The van der Waals surface area contributed by atoms with Crippen molar-refractivity contribution < 1.29 is 18.0 Å². The normalized spacial score (nSPS) is 11.8. The summed E-state index contributed by atoms with van der Waals surface area (Å²) in [6.07, 6.45) is -2.72. The van der Waals surface area contributed by atoms with Crippen molar-refractivity contribution in [3.05, 3.63) is 34.9 Å². The molecule has 1 heterocycles. The smallest absolute Gasteiger partial charge is 0.345 e. The molecular weight excluding hydrogens is 325 g/mol. The van der Waals surface area contributed by atoms with Gasteiger partial charge < -0.3 is 9.88 Å². The molecule has 2 rings (SSSR count). The van der Waals surface area contributed by atoms with Gasteiger partial charge in [0, 0.05) is 21.6 Å². The van der Waals surface area contributed by atoms with Gasteiger partial charge in [0.1, 0.15) is 13.1 Å². The maximum atomic E-state index is 12.0. The molecule has 19 heavy (non-hydrogen) atoms. The zero-order valence-electron chi connectivity index (χ0n) is 9.67. The SMILES string of the molecule is O=C(Cn1ccc2cc(Br)ccc21)NCC(F)(F)F. The largest absolute Gasteiger partial charge is 0.405 e. The molecule has 0 radical (unpaired) electrons. The number of aromatic nitrogens is 1. The molecule has 0 aliphatic carbocycles. The van der Waals surface area contributed by atoms with Gasteiger partial charge in [0.05, 0.1) is 0 Å². The van der Waals surface area contributed by atoms with E-state index in [0.717, 1.165) is 15.4 Å². The van der Waals surface area contributed by atoms with Crippen LogP contribution in [0.3, 0.4) is 0 Å². The Labute approximate surface area is 115 Å². The van der Waals surface area contributed by atoms with Gasteiger partial charge in [-0.05, 0) is 24.3 Å². The van der Waals surface area contributed by atoms with Crippen molar-refractivity contribution >= 4 is 32.7 Å². The van der Waals surface area contributed by atoms with Crippen molar-refractivity contribution in [3.63, 3.8) is 0 Å². The molecule has 0 bridgehead atoms. The topological polar surface area (TPSA) is 34.0 Å². The highest BCUT2D eigenvalue weighted by molar-refractivity contribution is 9.10. The van der Waals surface area contributed by atoms with Gasteiger partial charge in [-0.25, -0.2) is 0 Å². The molecule has 0 spiro atoms. The lowest BCUT2D eigenvalue weighted by molar-refractivity contribution is -0.138. The van der Waals surface area contributed by atoms with E-state index in [9.17, 15) is 18.0 Å². The zero-order chi connectivity index (χ0) is 14.0. The summed E-state index contributed by atoms with van der Waals surface area (Å²) in [5.41, 5.74) is 0.797. The molecule has 0 aliphatic rings. The third-order valence-corrected chi connectivity index (χ3v) is 3.03. The molecule has 2 aromatic rings. The summed E-state index contributed by atoms with van der Waals surface area (Å²) in [5, 5.41) is 2.76. The summed E-state index contributed by atoms with van der Waals surface area (Å²) in [6, 6.07) is 7.29. The average molecular weight is 335 g/mol. The lowest BCUT2D eigenvalue weighted by Gasteiger charge is -2.09. The van der Waals surface area contributed by atoms with Gasteiger partial charge in [-0.15, -0.1) is 0 Å². The number of nitrogens with zero attached hydrogens (tertiary/aromatic N) is 1. The summed E-state index contributed by atoms with van der Waals surface area (Å²) >= 11 is 3.33. The second-order valence-electron chi connectivity index (χ2n) is 4.04. The molecule has 0 saturated heterocycles. The molecule has 7 heteroatoms. The van der Waals surface area contributed by atoms with E-state index in [1.54, 1.807) is 22.9 Å². The number of carbonyl (C=O) groups excluding carboxylic acids is 1. The predicted octanol–water partition coefficient (Wildman–Crippen LogP) is 3.08. The van der Waals surface area contributed by atoms with Crippen molar-refractivity contribution in [2.45, 2.75) is 12.7 Å². The summed E-state index contributed by atoms with van der Waals surface area (Å²) in [4.78, 5) is 11.4. The fourth-order valence-electron chi connectivity index (χ4n) is 1.72. The first-order valence-corrected chi connectivity index (χ1v) is 6.22. The first-order chi connectivity index (χ1) is 8.85. The molecule has 1 aromatic heterocycles. The first-order valence-electron chi connectivity index (χ1n) is 5.43. The minimum atomic E-state index is -4.39. The second-order valence-corrected chi connectivity index (χ2v) is 4.95. The number of halogens is 4. The Hall–Kier alpha value is -1.50. The molecular formula is C12H10BrF3N2O. The Bertz CT molecular complexity index is 607. The van der Waals surface area contributed by atoms with E-state index in [1.807, 2.05) is 17.4 Å². The molecule has 0 saturated carbocycles. The predicted molar refractivity (Wildman–Crippen MR) is 68.7 cm³/mol. The van der Waals surface area contributed by atoms with Crippen LogP contribution in [0.25, 0.3) is 10.9 Å². The molecule has 1 amide bonds. The fraction of sp³-hybridized carbons (Fsp3) is 0.250. The van der Waals surface area contributed by atoms with Crippen LogP contribution in [0, 0.1) is 0 Å². The minimum absolute atomic E-state index is 0.138. The van der Waals surface area contributed by atoms with Gasteiger partial charge in [-0.1, -0.05) is 15.9 Å².